The van der Waals surface area contributed by atoms with E-state index >= 15 is 0 Å². The Kier molecular flexibility index (Phi) is 6.14. The predicted molar refractivity (Wildman–Crippen MR) is 121 cm³/mol. The SMILES string of the molecule is CC(=O)Oc1ccc([C@H]2C(C(=O)OCc3ccccc3)=C(C)N=C3S[C@H](C)C(=O)N32)cc1. The third-order valence-electron chi connectivity index (χ3n) is 5.15. The number of fused-ring (bicyclic) bond motifs is 1. The molecule has 1 fully saturated rings. The van der Waals surface area contributed by atoms with Crippen molar-refractivity contribution >= 4 is 34.8 Å². The molecule has 32 heavy (non-hydrogen) atoms. The van der Waals surface area contributed by atoms with Gasteiger partial charge < -0.3 is 9.47 Å². The summed E-state index contributed by atoms with van der Waals surface area (Å²) in [7, 11) is 0. The van der Waals surface area contributed by atoms with Crippen LogP contribution in [-0.2, 0) is 25.7 Å². The molecule has 4 rings (SSSR count). The number of amides is 1. The van der Waals surface area contributed by atoms with Gasteiger partial charge in [-0.2, -0.15) is 0 Å². The van der Waals surface area contributed by atoms with Gasteiger partial charge in [0.15, 0.2) is 5.17 Å². The maximum absolute atomic E-state index is 13.2. The number of allylic oxidation sites excluding steroid dienone is 1. The zero-order chi connectivity index (χ0) is 22.8. The quantitative estimate of drug-likeness (QED) is 0.506. The van der Waals surface area contributed by atoms with E-state index in [1.807, 2.05) is 37.3 Å². The van der Waals surface area contributed by atoms with Crippen molar-refractivity contribution in [3.05, 3.63) is 77.0 Å². The summed E-state index contributed by atoms with van der Waals surface area (Å²) in [5.74, 6) is -0.690. The summed E-state index contributed by atoms with van der Waals surface area (Å²) in [6.45, 7) is 5.01. The van der Waals surface area contributed by atoms with Crippen LogP contribution in [0.2, 0.25) is 0 Å². The zero-order valence-corrected chi connectivity index (χ0v) is 18.7. The highest BCUT2D eigenvalue weighted by atomic mass is 32.2. The predicted octanol–water partition coefficient (Wildman–Crippen LogP) is 4.00. The van der Waals surface area contributed by atoms with Crippen LogP contribution in [0.4, 0.5) is 0 Å². The average Bonchev–Trinajstić information content (AvgIpc) is 3.05. The summed E-state index contributed by atoms with van der Waals surface area (Å²) in [5.41, 5.74) is 2.39. The number of thioether (sulfide) groups is 1. The number of amidine groups is 1. The van der Waals surface area contributed by atoms with Crippen LogP contribution in [0.1, 0.15) is 37.9 Å². The Balaban J connectivity index is 1.69. The molecule has 0 spiro atoms. The molecule has 0 aliphatic carbocycles. The monoisotopic (exact) mass is 450 g/mol. The fourth-order valence-corrected chi connectivity index (χ4v) is 4.69. The molecule has 0 radical (unpaired) electrons. The van der Waals surface area contributed by atoms with Gasteiger partial charge in [-0.05, 0) is 37.1 Å². The van der Waals surface area contributed by atoms with Gasteiger partial charge >= 0.3 is 11.9 Å². The molecular formula is C24H22N2O5S. The van der Waals surface area contributed by atoms with Gasteiger partial charge in [0.2, 0.25) is 5.91 Å². The Hall–Kier alpha value is -3.39. The molecule has 1 amide bonds. The van der Waals surface area contributed by atoms with Crippen molar-refractivity contribution in [2.75, 3.05) is 0 Å². The van der Waals surface area contributed by atoms with Crippen molar-refractivity contribution in [2.45, 2.75) is 38.7 Å². The van der Waals surface area contributed by atoms with Gasteiger partial charge in [-0.1, -0.05) is 54.2 Å². The molecule has 2 heterocycles. The van der Waals surface area contributed by atoms with Crippen LogP contribution in [-0.4, -0.2) is 33.2 Å². The standard InChI is InChI=1S/C24H22N2O5S/c1-14-20(23(29)30-13-17-7-5-4-6-8-17)21(26-22(28)15(2)32-24(26)25-14)18-9-11-19(12-10-18)31-16(3)27/h4-12,15,21H,13H2,1-3H3/t15-,21+/m1/s1. The third-order valence-corrected chi connectivity index (χ3v) is 6.20. The minimum absolute atomic E-state index is 0.115. The van der Waals surface area contributed by atoms with Crippen molar-refractivity contribution < 1.29 is 23.9 Å². The summed E-state index contributed by atoms with van der Waals surface area (Å²) >= 11 is 1.37. The number of hydrogen-bond acceptors (Lipinski definition) is 7. The lowest BCUT2D eigenvalue weighted by Gasteiger charge is -2.33. The molecule has 2 aliphatic heterocycles. The van der Waals surface area contributed by atoms with E-state index in [4.69, 9.17) is 9.47 Å². The number of nitrogens with zero attached hydrogens (tertiary/aromatic N) is 2. The van der Waals surface area contributed by atoms with Crippen molar-refractivity contribution in [1.82, 2.24) is 4.90 Å². The van der Waals surface area contributed by atoms with Crippen LogP contribution < -0.4 is 4.74 Å². The lowest BCUT2D eigenvalue weighted by atomic mass is 9.94. The molecule has 0 saturated carbocycles. The molecule has 2 atom stereocenters. The minimum atomic E-state index is -0.679. The molecule has 0 unspecified atom stereocenters. The number of benzene rings is 2. The highest BCUT2D eigenvalue weighted by molar-refractivity contribution is 8.15. The van der Waals surface area contributed by atoms with Crippen LogP contribution in [0.3, 0.4) is 0 Å². The molecular weight excluding hydrogens is 428 g/mol. The smallest absolute Gasteiger partial charge is 0.338 e. The first-order valence-corrected chi connectivity index (χ1v) is 11.0. The Bertz CT molecular complexity index is 1120. The second-order valence-corrected chi connectivity index (χ2v) is 8.80. The number of esters is 2. The summed E-state index contributed by atoms with van der Waals surface area (Å²) in [4.78, 5) is 43.5. The second kappa shape index (κ2) is 9.00. The van der Waals surface area contributed by atoms with Gasteiger partial charge in [0.25, 0.3) is 0 Å². The van der Waals surface area contributed by atoms with E-state index in [0.717, 1.165) is 5.56 Å². The first kappa shape index (κ1) is 21.8. The first-order chi connectivity index (χ1) is 15.3. The van der Waals surface area contributed by atoms with Gasteiger partial charge in [-0.15, -0.1) is 0 Å². The lowest BCUT2D eigenvalue weighted by molar-refractivity contribution is -0.141. The van der Waals surface area contributed by atoms with E-state index in [0.29, 0.717) is 27.8 Å². The van der Waals surface area contributed by atoms with E-state index in [-0.39, 0.29) is 17.8 Å². The minimum Gasteiger partial charge on any atom is -0.457 e. The van der Waals surface area contributed by atoms with Gasteiger partial charge in [-0.25, -0.2) is 9.79 Å². The van der Waals surface area contributed by atoms with Crippen molar-refractivity contribution in [1.29, 1.82) is 0 Å². The number of carbonyl (C=O) groups excluding carboxylic acids is 3. The molecule has 164 valence electrons. The average molecular weight is 451 g/mol. The number of carbonyl (C=O) groups is 3. The van der Waals surface area contributed by atoms with E-state index in [1.165, 1.54) is 18.7 Å². The fraction of sp³-hybridized carbons (Fsp3) is 0.250. The molecule has 0 bridgehead atoms. The Morgan fingerprint density at radius 2 is 1.78 bits per heavy atom. The molecule has 1 saturated heterocycles. The Labute approximate surface area is 190 Å². The van der Waals surface area contributed by atoms with Crippen LogP contribution >= 0.6 is 11.8 Å². The molecule has 7 nitrogen and oxygen atoms in total. The molecule has 8 heteroatoms. The molecule has 2 aliphatic rings. The summed E-state index contributed by atoms with van der Waals surface area (Å²) in [5, 5.41) is 0.262. The second-order valence-electron chi connectivity index (χ2n) is 7.49. The molecule has 2 aromatic carbocycles. The Morgan fingerprint density at radius 1 is 1.09 bits per heavy atom. The summed E-state index contributed by atoms with van der Waals surface area (Å²) < 4.78 is 10.7. The number of hydrogen-bond donors (Lipinski definition) is 0. The maximum atomic E-state index is 13.2. The zero-order valence-electron chi connectivity index (χ0n) is 17.9. The topological polar surface area (TPSA) is 85.3 Å². The van der Waals surface area contributed by atoms with Gasteiger partial charge in [0, 0.05) is 6.92 Å². The number of rotatable bonds is 5. The Morgan fingerprint density at radius 3 is 2.44 bits per heavy atom. The van der Waals surface area contributed by atoms with Crippen molar-refractivity contribution in [2.24, 2.45) is 4.99 Å². The van der Waals surface area contributed by atoms with Crippen molar-refractivity contribution in [3.8, 4) is 5.75 Å². The maximum Gasteiger partial charge on any atom is 0.338 e. The summed E-state index contributed by atoms with van der Waals surface area (Å²) in [6, 6.07) is 15.5. The summed E-state index contributed by atoms with van der Waals surface area (Å²) in [6.07, 6.45) is 0. The third kappa shape index (κ3) is 4.31. The van der Waals surface area contributed by atoms with Crippen LogP contribution in [0.15, 0.2) is 70.9 Å². The number of ether oxygens (including phenoxy) is 2. The van der Waals surface area contributed by atoms with Crippen LogP contribution in [0.25, 0.3) is 0 Å². The first-order valence-electron chi connectivity index (χ1n) is 10.1. The van der Waals surface area contributed by atoms with E-state index in [1.54, 1.807) is 36.1 Å². The highest BCUT2D eigenvalue weighted by Crippen LogP contribution is 2.43. The molecule has 0 N–H and O–H groups in total. The van der Waals surface area contributed by atoms with Crippen LogP contribution in [0.5, 0.6) is 5.75 Å². The molecule has 0 aromatic heterocycles. The van der Waals surface area contributed by atoms with E-state index in [2.05, 4.69) is 4.99 Å². The van der Waals surface area contributed by atoms with Crippen LogP contribution in [0, 0.1) is 0 Å². The van der Waals surface area contributed by atoms with Gasteiger partial charge in [-0.3, -0.25) is 14.5 Å². The number of aliphatic imine (C=N–C) groups is 1. The van der Waals surface area contributed by atoms with E-state index in [9.17, 15) is 14.4 Å². The normalized spacial score (nSPS) is 20.0. The van der Waals surface area contributed by atoms with E-state index < -0.39 is 18.0 Å². The van der Waals surface area contributed by atoms with Gasteiger partial charge in [0.1, 0.15) is 12.4 Å². The van der Waals surface area contributed by atoms with Gasteiger partial charge in [0.05, 0.1) is 22.6 Å². The molecule has 2 aromatic rings. The lowest BCUT2D eigenvalue weighted by Crippen LogP contribution is -2.40. The largest absolute Gasteiger partial charge is 0.457 e. The van der Waals surface area contributed by atoms with Crippen molar-refractivity contribution in [3.63, 3.8) is 0 Å². The fourth-order valence-electron chi connectivity index (χ4n) is 3.66. The highest BCUT2D eigenvalue weighted by Gasteiger charge is 2.46.